The van der Waals surface area contributed by atoms with Crippen LogP contribution in [0.25, 0.3) is 0 Å². The van der Waals surface area contributed by atoms with Gasteiger partial charge in [-0.05, 0) is 34.9 Å². The minimum atomic E-state index is 0.631. The Morgan fingerprint density at radius 2 is 1.90 bits per heavy atom. The van der Waals surface area contributed by atoms with Crippen LogP contribution < -0.4 is 0 Å². The van der Waals surface area contributed by atoms with Crippen LogP contribution >= 0.6 is 44.4 Å². The molecule has 0 aliphatic heterocycles. The maximum absolute atomic E-state index is 5.22. The van der Waals surface area contributed by atoms with Gasteiger partial charge in [0.25, 0.3) is 0 Å². The zero-order valence-electron chi connectivity index (χ0n) is 5.91. The number of rotatable bonds is 7. The molecule has 0 aliphatic carbocycles. The van der Waals surface area contributed by atoms with Crippen LogP contribution in [0.15, 0.2) is 0 Å². The fourth-order valence-corrected chi connectivity index (χ4v) is 1.94. The lowest BCUT2D eigenvalue weighted by Crippen LogP contribution is -1.85. The standard InChI is InChI=1S/C6H13BrIOP/c7-5-3-1-2-4-6-9-10-8/h10H,1-6H2. The predicted octanol–water partition coefficient (Wildman–Crippen LogP) is 3.90. The first-order chi connectivity index (χ1) is 4.91. The first-order valence-electron chi connectivity index (χ1n) is 3.45. The molecule has 10 heavy (non-hydrogen) atoms. The molecule has 0 aromatic carbocycles. The van der Waals surface area contributed by atoms with Crippen molar-refractivity contribution in [3.8, 4) is 0 Å². The Morgan fingerprint density at radius 3 is 2.50 bits per heavy atom. The first-order valence-corrected chi connectivity index (χ1v) is 8.59. The predicted molar refractivity (Wildman–Crippen MR) is 60.5 cm³/mol. The number of unbranched alkanes of at least 4 members (excludes halogenated alkanes) is 3. The number of hydrogen-bond donors (Lipinski definition) is 0. The van der Waals surface area contributed by atoms with E-state index in [9.17, 15) is 0 Å². The van der Waals surface area contributed by atoms with E-state index in [4.69, 9.17) is 4.52 Å². The minimum absolute atomic E-state index is 0.631. The van der Waals surface area contributed by atoms with Crippen molar-refractivity contribution in [1.29, 1.82) is 0 Å². The van der Waals surface area contributed by atoms with Gasteiger partial charge in [0.15, 0.2) is 0 Å². The van der Waals surface area contributed by atoms with Gasteiger partial charge >= 0.3 is 0 Å². The summed E-state index contributed by atoms with van der Waals surface area (Å²) in [6.45, 7) is 1.58. The molecule has 0 heterocycles. The summed E-state index contributed by atoms with van der Waals surface area (Å²) in [6, 6.07) is 0. The smallest absolute Gasteiger partial charge is 0.0793 e. The van der Waals surface area contributed by atoms with Gasteiger partial charge in [-0.25, -0.2) is 0 Å². The molecule has 0 aromatic rings. The van der Waals surface area contributed by atoms with Crippen LogP contribution in [-0.4, -0.2) is 11.9 Å². The summed E-state index contributed by atoms with van der Waals surface area (Å²) >= 11 is 5.66. The monoisotopic (exact) mass is 338 g/mol. The Kier molecular flexibility index (Phi) is 12.3. The zero-order chi connectivity index (χ0) is 7.66. The van der Waals surface area contributed by atoms with Gasteiger partial charge < -0.3 is 4.52 Å². The largest absolute Gasteiger partial charge is 0.352 e. The van der Waals surface area contributed by atoms with Crippen molar-refractivity contribution in [3.63, 3.8) is 0 Å². The molecule has 1 unspecified atom stereocenters. The van der Waals surface area contributed by atoms with E-state index in [1.165, 1.54) is 25.7 Å². The van der Waals surface area contributed by atoms with Crippen LogP contribution in [0.5, 0.6) is 0 Å². The van der Waals surface area contributed by atoms with Crippen molar-refractivity contribution in [2.24, 2.45) is 0 Å². The first kappa shape index (κ1) is 11.6. The van der Waals surface area contributed by atoms with Gasteiger partial charge in [0.05, 0.1) is 13.1 Å². The highest BCUT2D eigenvalue weighted by Crippen LogP contribution is 2.21. The molecule has 4 heteroatoms. The molecular weight excluding hydrogens is 326 g/mol. The van der Waals surface area contributed by atoms with Crippen LogP contribution in [0.1, 0.15) is 25.7 Å². The van der Waals surface area contributed by atoms with Crippen molar-refractivity contribution in [3.05, 3.63) is 0 Å². The average molecular weight is 339 g/mol. The van der Waals surface area contributed by atoms with Crippen molar-refractivity contribution in [1.82, 2.24) is 0 Å². The quantitative estimate of drug-likeness (QED) is 0.296. The highest BCUT2D eigenvalue weighted by Gasteiger charge is 1.88. The molecule has 0 rings (SSSR count). The van der Waals surface area contributed by atoms with Crippen molar-refractivity contribution >= 4 is 44.4 Å². The van der Waals surface area contributed by atoms with Crippen LogP contribution in [0.3, 0.4) is 0 Å². The highest BCUT2D eigenvalue weighted by atomic mass is 127. The lowest BCUT2D eigenvalue weighted by molar-refractivity contribution is 0.353. The SMILES string of the molecule is BrCCCCCCOPI. The summed E-state index contributed by atoms with van der Waals surface area (Å²) in [5.74, 6) is 0. The third-order valence-electron chi connectivity index (χ3n) is 1.18. The van der Waals surface area contributed by atoms with Gasteiger partial charge in [0.1, 0.15) is 0 Å². The molecule has 62 valence electrons. The van der Waals surface area contributed by atoms with Gasteiger partial charge in [-0.1, -0.05) is 28.8 Å². The second-order valence-corrected chi connectivity index (χ2v) is 4.59. The van der Waals surface area contributed by atoms with Crippen molar-refractivity contribution in [2.75, 3.05) is 11.9 Å². The average Bonchev–Trinajstić information content (AvgIpc) is 1.97. The van der Waals surface area contributed by atoms with E-state index < -0.39 is 0 Å². The minimum Gasteiger partial charge on any atom is -0.352 e. The van der Waals surface area contributed by atoms with E-state index in [1.54, 1.807) is 0 Å². The fourth-order valence-electron chi connectivity index (χ4n) is 0.661. The molecule has 1 atom stereocenters. The van der Waals surface area contributed by atoms with E-state index in [1.807, 2.05) is 0 Å². The Hall–Kier alpha value is 1.60. The Bertz CT molecular complexity index is 57.7. The van der Waals surface area contributed by atoms with Gasteiger partial charge in [0.2, 0.25) is 0 Å². The molecule has 0 bridgehead atoms. The third kappa shape index (κ3) is 9.60. The van der Waals surface area contributed by atoms with Crippen LogP contribution in [0, 0.1) is 0 Å². The molecule has 0 saturated carbocycles. The molecular formula is C6H13BrIOP. The molecule has 0 aliphatic rings. The maximum atomic E-state index is 5.22. The number of alkyl halides is 1. The van der Waals surface area contributed by atoms with Crippen LogP contribution in [0.2, 0.25) is 0 Å². The molecule has 0 radical (unpaired) electrons. The van der Waals surface area contributed by atoms with Gasteiger partial charge in [-0.15, -0.1) is 0 Å². The lowest BCUT2D eigenvalue weighted by atomic mass is 10.2. The normalized spacial score (nSPS) is 11.4. The van der Waals surface area contributed by atoms with E-state index in [0.29, 0.717) is 6.45 Å². The lowest BCUT2D eigenvalue weighted by Gasteiger charge is -1.98. The number of hydrogen-bond acceptors (Lipinski definition) is 1. The molecule has 0 fully saturated rings. The third-order valence-corrected chi connectivity index (χ3v) is 2.99. The summed E-state index contributed by atoms with van der Waals surface area (Å²) in [4.78, 5) is 0. The van der Waals surface area contributed by atoms with Crippen LogP contribution in [-0.2, 0) is 4.52 Å². The second kappa shape index (κ2) is 10.6. The summed E-state index contributed by atoms with van der Waals surface area (Å²) in [7, 11) is 0. The summed E-state index contributed by atoms with van der Waals surface area (Å²) in [6.07, 6.45) is 5.17. The van der Waals surface area contributed by atoms with Crippen molar-refractivity contribution < 1.29 is 4.52 Å². The Labute approximate surface area is 86.2 Å². The molecule has 0 N–H and O–H groups in total. The zero-order valence-corrected chi connectivity index (χ0v) is 10.7. The van der Waals surface area contributed by atoms with Gasteiger partial charge in [-0.2, -0.15) is 0 Å². The Balaban J connectivity index is 2.65. The summed E-state index contributed by atoms with van der Waals surface area (Å²) in [5, 5.41) is 1.14. The topological polar surface area (TPSA) is 9.23 Å². The summed E-state index contributed by atoms with van der Waals surface area (Å²) in [5.41, 5.74) is 0. The summed E-state index contributed by atoms with van der Waals surface area (Å²) < 4.78 is 5.22. The highest BCUT2D eigenvalue weighted by molar-refractivity contribution is 14.2. The fraction of sp³-hybridized carbons (Fsp3) is 1.00. The van der Waals surface area contributed by atoms with Crippen molar-refractivity contribution in [2.45, 2.75) is 25.7 Å². The van der Waals surface area contributed by atoms with Gasteiger partial charge in [-0.3, -0.25) is 0 Å². The van der Waals surface area contributed by atoms with E-state index >= 15 is 0 Å². The Morgan fingerprint density at radius 1 is 1.20 bits per heavy atom. The molecule has 0 spiro atoms. The van der Waals surface area contributed by atoms with Gasteiger partial charge in [0, 0.05) is 5.33 Å². The van der Waals surface area contributed by atoms with E-state index in [0.717, 1.165) is 11.9 Å². The second-order valence-electron chi connectivity index (χ2n) is 2.03. The van der Waals surface area contributed by atoms with Crippen LogP contribution in [0.4, 0.5) is 0 Å². The molecule has 1 nitrogen and oxygen atoms in total. The molecule has 0 amide bonds. The van der Waals surface area contributed by atoms with E-state index in [2.05, 4.69) is 38.0 Å². The maximum Gasteiger partial charge on any atom is 0.0793 e. The van der Waals surface area contributed by atoms with E-state index in [-0.39, 0.29) is 0 Å². The molecule has 0 aromatic heterocycles. The number of halogens is 2. The molecule has 0 saturated heterocycles.